The second-order valence-electron chi connectivity index (χ2n) is 3.78. The summed E-state index contributed by atoms with van der Waals surface area (Å²) in [6.45, 7) is 9.46. The maximum Gasteiger partial charge on any atom is 0.248 e. The Labute approximate surface area is 74.2 Å². The van der Waals surface area contributed by atoms with Crippen LogP contribution in [0.2, 0.25) is 0 Å². The van der Waals surface area contributed by atoms with Crippen LogP contribution in [0.3, 0.4) is 0 Å². The third-order valence-corrected chi connectivity index (χ3v) is 2.31. The van der Waals surface area contributed by atoms with E-state index in [0.29, 0.717) is 11.5 Å². The highest BCUT2D eigenvalue weighted by molar-refractivity contribution is 5.92. The molecular formula is C10H17NO. The van der Waals surface area contributed by atoms with Crippen molar-refractivity contribution in [3.63, 3.8) is 0 Å². The molecule has 1 saturated heterocycles. The minimum Gasteiger partial charge on any atom is -0.339 e. The fourth-order valence-corrected chi connectivity index (χ4v) is 1.64. The summed E-state index contributed by atoms with van der Waals surface area (Å²) in [5.41, 5.74) is 0.657. The van der Waals surface area contributed by atoms with Crippen LogP contribution in [0, 0.1) is 5.92 Å². The van der Waals surface area contributed by atoms with Crippen LogP contribution in [0.4, 0.5) is 0 Å². The summed E-state index contributed by atoms with van der Waals surface area (Å²) < 4.78 is 0. The van der Waals surface area contributed by atoms with Crippen LogP contribution in [0.1, 0.15) is 26.7 Å². The number of carbonyl (C=O) groups is 1. The van der Waals surface area contributed by atoms with Crippen molar-refractivity contribution in [1.82, 2.24) is 4.90 Å². The van der Waals surface area contributed by atoms with E-state index in [1.165, 1.54) is 6.42 Å². The van der Waals surface area contributed by atoms with Gasteiger partial charge in [0.1, 0.15) is 0 Å². The van der Waals surface area contributed by atoms with Gasteiger partial charge in [0.25, 0.3) is 0 Å². The molecule has 0 aromatic carbocycles. The standard InChI is InChI=1S/C10H17NO/c1-8(2)10(12)11-6-4-5-9(3)7-11/h9H,1,4-7H2,2-3H3. The SMILES string of the molecule is C=C(C)C(=O)N1CCCC(C)C1. The molecule has 0 aromatic rings. The third kappa shape index (κ3) is 2.10. The van der Waals surface area contributed by atoms with E-state index in [4.69, 9.17) is 0 Å². The normalized spacial score (nSPS) is 23.8. The molecule has 0 bridgehead atoms. The van der Waals surface area contributed by atoms with Crippen molar-refractivity contribution in [3.8, 4) is 0 Å². The van der Waals surface area contributed by atoms with Crippen LogP contribution in [0.25, 0.3) is 0 Å². The molecule has 0 aliphatic carbocycles. The van der Waals surface area contributed by atoms with Crippen LogP contribution >= 0.6 is 0 Å². The molecule has 1 amide bonds. The lowest BCUT2D eigenvalue weighted by Crippen LogP contribution is -2.39. The summed E-state index contributed by atoms with van der Waals surface area (Å²) in [5, 5.41) is 0. The predicted molar refractivity (Wildman–Crippen MR) is 49.8 cm³/mol. The topological polar surface area (TPSA) is 20.3 Å². The maximum absolute atomic E-state index is 11.5. The second kappa shape index (κ2) is 3.74. The summed E-state index contributed by atoms with van der Waals surface area (Å²) >= 11 is 0. The van der Waals surface area contributed by atoms with Gasteiger partial charge in [-0.2, -0.15) is 0 Å². The molecule has 1 heterocycles. The Bertz CT molecular complexity index is 198. The predicted octanol–water partition coefficient (Wildman–Crippen LogP) is 1.82. The van der Waals surface area contributed by atoms with Gasteiger partial charge in [-0.1, -0.05) is 13.5 Å². The van der Waals surface area contributed by atoms with Crippen molar-refractivity contribution in [2.45, 2.75) is 26.7 Å². The summed E-state index contributed by atoms with van der Waals surface area (Å²) in [4.78, 5) is 13.4. The highest BCUT2D eigenvalue weighted by Gasteiger charge is 2.20. The molecule has 2 heteroatoms. The van der Waals surface area contributed by atoms with Crippen molar-refractivity contribution in [1.29, 1.82) is 0 Å². The van der Waals surface area contributed by atoms with E-state index in [9.17, 15) is 4.79 Å². The molecule has 2 nitrogen and oxygen atoms in total. The highest BCUT2D eigenvalue weighted by atomic mass is 16.2. The summed E-state index contributed by atoms with van der Waals surface area (Å²) in [5.74, 6) is 0.781. The maximum atomic E-state index is 11.5. The Kier molecular flexibility index (Phi) is 2.90. The van der Waals surface area contributed by atoms with Crippen molar-refractivity contribution >= 4 is 5.91 Å². The number of hydrogen-bond acceptors (Lipinski definition) is 1. The Morgan fingerprint density at radius 2 is 2.25 bits per heavy atom. The van der Waals surface area contributed by atoms with Gasteiger partial charge >= 0.3 is 0 Å². The number of amides is 1. The zero-order chi connectivity index (χ0) is 9.14. The summed E-state index contributed by atoms with van der Waals surface area (Å²) in [7, 11) is 0. The fourth-order valence-electron chi connectivity index (χ4n) is 1.64. The molecule has 68 valence electrons. The minimum absolute atomic E-state index is 0.126. The highest BCUT2D eigenvalue weighted by Crippen LogP contribution is 2.16. The first-order chi connectivity index (χ1) is 5.61. The molecule has 1 fully saturated rings. The van der Waals surface area contributed by atoms with E-state index in [1.54, 1.807) is 6.92 Å². The lowest BCUT2D eigenvalue weighted by Gasteiger charge is -2.30. The molecule has 0 N–H and O–H groups in total. The molecule has 1 atom stereocenters. The van der Waals surface area contributed by atoms with Crippen molar-refractivity contribution in [3.05, 3.63) is 12.2 Å². The van der Waals surface area contributed by atoms with Gasteiger partial charge in [-0.25, -0.2) is 0 Å². The molecule has 1 unspecified atom stereocenters. The fraction of sp³-hybridized carbons (Fsp3) is 0.700. The Balaban J connectivity index is 2.51. The number of likely N-dealkylation sites (tertiary alicyclic amines) is 1. The van der Waals surface area contributed by atoms with Gasteiger partial charge in [0.2, 0.25) is 5.91 Å². The van der Waals surface area contributed by atoms with E-state index in [2.05, 4.69) is 13.5 Å². The first-order valence-electron chi connectivity index (χ1n) is 4.56. The Morgan fingerprint density at radius 1 is 1.58 bits per heavy atom. The number of carbonyl (C=O) groups excluding carboxylic acids is 1. The number of rotatable bonds is 1. The molecule has 0 saturated carbocycles. The first kappa shape index (κ1) is 9.30. The van der Waals surface area contributed by atoms with E-state index >= 15 is 0 Å². The van der Waals surface area contributed by atoms with Gasteiger partial charge in [-0.3, -0.25) is 4.79 Å². The van der Waals surface area contributed by atoms with Crippen molar-refractivity contribution < 1.29 is 4.79 Å². The molecular weight excluding hydrogens is 150 g/mol. The summed E-state index contributed by atoms with van der Waals surface area (Å²) in [6, 6.07) is 0. The number of hydrogen-bond donors (Lipinski definition) is 0. The van der Waals surface area contributed by atoms with E-state index in [1.807, 2.05) is 4.90 Å². The van der Waals surface area contributed by atoms with Gasteiger partial charge in [0.05, 0.1) is 0 Å². The molecule has 0 aromatic heterocycles. The average Bonchev–Trinajstić information content (AvgIpc) is 2.03. The van der Waals surface area contributed by atoms with E-state index < -0.39 is 0 Å². The average molecular weight is 167 g/mol. The van der Waals surface area contributed by atoms with Gasteiger partial charge in [-0.05, 0) is 25.7 Å². The second-order valence-corrected chi connectivity index (χ2v) is 3.78. The zero-order valence-corrected chi connectivity index (χ0v) is 7.97. The van der Waals surface area contributed by atoms with Crippen LogP contribution in [-0.2, 0) is 4.79 Å². The van der Waals surface area contributed by atoms with Gasteiger partial charge in [0.15, 0.2) is 0 Å². The van der Waals surface area contributed by atoms with Crippen LogP contribution in [0.15, 0.2) is 12.2 Å². The van der Waals surface area contributed by atoms with Gasteiger partial charge in [0, 0.05) is 18.7 Å². The zero-order valence-electron chi connectivity index (χ0n) is 7.97. The molecule has 1 rings (SSSR count). The lowest BCUT2D eigenvalue weighted by molar-refractivity contribution is -0.128. The third-order valence-electron chi connectivity index (χ3n) is 2.31. The first-order valence-corrected chi connectivity index (χ1v) is 4.56. The minimum atomic E-state index is 0.126. The molecule has 0 radical (unpaired) electrons. The Hall–Kier alpha value is -0.790. The molecule has 12 heavy (non-hydrogen) atoms. The van der Waals surface area contributed by atoms with Gasteiger partial charge in [-0.15, -0.1) is 0 Å². The lowest BCUT2D eigenvalue weighted by atomic mass is 10.00. The molecule has 0 spiro atoms. The number of piperidine rings is 1. The van der Waals surface area contributed by atoms with Gasteiger partial charge < -0.3 is 4.90 Å². The van der Waals surface area contributed by atoms with Crippen LogP contribution < -0.4 is 0 Å². The van der Waals surface area contributed by atoms with E-state index in [-0.39, 0.29) is 5.91 Å². The summed E-state index contributed by atoms with van der Waals surface area (Å²) in [6.07, 6.45) is 2.39. The quantitative estimate of drug-likeness (QED) is 0.545. The largest absolute Gasteiger partial charge is 0.339 e. The monoisotopic (exact) mass is 167 g/mol. The van der Waals surface area contributed by atoms with Crippen LogP contribution in [0.5, 0.6) is 0 Å². The van der Waals surface area contributed by atoms with Crippen molar-refractivity contribution in [2.24, 2.45) is 5.92 Å². The molecule has 1 aliphatic heterocycles. The molecule has 1 aliphatic rings. The smallest absolute Gasteiger partial charge is 0.248 e. The van der Waals surface area contributed by atoms with Crippen LogP contribution in [-0.4, -0.2) is 23.9 Å². The number of nitrogens with zero attached hydrogens (tertiary/aromatic N) is 1. The van der Waals surface area contributed by atoms with E-state index in [0.717, 1.165) is 19.5 Å². The Morgan fingerprint density at radius 3 is 2.75 bits per heavy atom. The van der Waals surface area contributed by atoms with Crippen molar-refractivity contribution in [2.75, 3.05) is 13.1 Å².